The standard InChI is InChI=1S/C13H19ClN2O2/c1-8-6-9(14)7-10(11(8)18-5)15-12(17)16-13(2,3)4/h6-7H,1-5H3,(H2,15,16,17). The maximum absolute atomic E-state index is 11.8. The van der Waals surface area contributed by atoms with Crippen LogP contribution in [0.15, 0.2) is 12.1 Å². The van der Waals surface area contributed by atoms with Crippen LogP contribution in [-0.4, -0.2) is 18.7 Å². The van der Waals surface area contributed by atoms with Gasteiger partial charge in [0.15, 0.2) is 0 Å². The van der Waals surface area contributed by atoms with Gasteiger partial charge in [0.2, 0.25) is 0 Å². The Hall–Kier alpha value is -1.42. The molecule has 0 unspecified atom stereocenters. The zero-order chi connectivity index (χ0) is 13.9. The predicted molar refractivity (Wildman–Crippen MR) is 74.6 cm³/mol. The molecule has 0 bridgehead atoms. The van der Waals surface area contributed by atoms with E-state index in [2.05, 4.69) is 10.6 Å². The van der Waals surface area contributed by atoms with Crippen LogP contribution in [0.2, 0.25) is 5.02 Å². The molecule has 0 aliphatic carbocycles. The number of halogens is 1. The monoisotopic (exact) mass is 270 g/mol. The van der Waals surface area contributed by atoms with Gasteiger partial charge in [-0.2, -0.15) is 0 Å². The van der Waals surface area contributed by atoms with Crippen LogP contribution < -0.4 is 15.4 Å². The van der Waals surface area contributed by atoms with E-state index in [9.17, 15) is 4.79 Å². The third-order valence-electron chi connectivity index (χ3n) is 2.18. The first-order chi connectivity index (χ1) is 8.23. The number of carbonyl (C=O) groups excluding carboxylic acids is 1. The number of amides is 2. The molecule has 0 fully saturated rings. The number of methoxy groups -OCH3 is 1. The van der Waals surface area contributed by atoms with E-state index in [-0.39, 0.29) is 11.6 Å². The average molecular weight is 271 g/mol. The molecule has 100 valence electrons. The first kappa shape index (κ1) is 14.6. The van der Waals surface area contributed by atoms with Crippen LogP contribution in [0.25, 0.3) is 0 Å². The van der Waals surface area contributed by atoms with Crippen LogP contribution in [0.5, 0.6) is 5.75 Å². The predicted octanol–water partition coefficient (Wildman–Crippen LogP) is 3.58. The third-order valence-corrected chi connectivity index (χ3v) is 2.40. The fourth-order valence-electron chi connectivity index (χ4n) is 1.59. The molecule has 2 N–H and O–H groups in total. The van der Waals surface area contributed by atoms with E-state index in [0.717, 1.165) is 5.56 Å². The largest absolute Gasteiger partial charge is 0.494 e. The van der Waals surface area contributed by atoms with Crippen molar-refractivity contribution in [3.05, 3.63) is 22.7 Å². The second-order valence-electron chi connectivity index (χ2n) is 5.13. The normalized spacial score (nSPS) is 11.0. The Labute approximate surface area is 113 Å². The van der Waals surface area contributed by atoms with Gasteiger partial charge >= 0.3 is 6.03 Å². The molecule has 0 heterocycles. The Morgan fingerprint density at radius 3 is 2.44 bits per heavy atom. The maximum atomic E-state index is 11.8. The van der Waals surface area contributed by atoms with E-state index >= 15 is 0 Å². The van der Waals surface area contributed by atoms with Crippen molar-refractivity contribution in [2.24, 2.45) is 0 Å². The van der Waals surface area contributed by atoms with Gasteiger partial charge in [-0.3, -0.25) is 0 Å². The van der Waals surface area contributed by atoms with Crippen molar-refractivity contribution in [1.29, 1.82) is 0 Å². The van der Waals surface area contributed by atoms with Crippen molar-refractivity contribution in [2.45, 2.75) is 33.2 Å². The van der Waals surface area contributed by atoms with Crippen molar-refractivity contribution in [1.82, 2.24) is 5.32 Å². The zero-order valence-corrected chi connectivity index (χ0v) is 12.1. The van der Waals surface area contributed by atoms with Gasteiger partial charge in [-0.1, -0.05) is 11.6 Å². The molecule has 0 aliphatic rings. The fraction of sp³-hybridized carbons (Fsp3) is 0.462. The van der Waals surface area contributed by atoms with E-state index in [0.29, 0.717) is 16.5 Å². The topological polar surface area (TPSA) is 50.4 Å². The van der Waals surface area contributed by atoms with E-state index in [1.54, 1.807) is 19.2 Å². The van der Waals surface area contributed by atoms with Crippen LogP contribution in [0.3, 0.4) is 0 Å². The lowest BCUT2D eigenvalue weighted by Gasteiger charge is -2.21. The molecule has 0 aliphatic heterocycles. The van der Waals surface area contributed by atoms with Crippen LogP contribution in [-0.2, 0) is 0 Å². The van der Waals surface area contributed by atoms with Crippen molar-refractivity contribution in [3.63, 3.8) is 0 Å². The molecule has 0 spiro atoms. The SMILES string of the molecule is COc1c(C)cc(Cl)cc1NC(=O)NC(C)(C)C. The highest BCUT2D eigenvalue weighted by Crippen LogP contribution is 2.31. The Balaban J connectivity index is 2.93. The second-order valence-corrected chi connectivity index (χ2v) is 5.57. The summed E-state index contributed by atoms with van der Waals surface area (Å²) >= 11 is 5.97. The molecule has 0 saturated carbocycles. The summed E-state index contributed by atoms with van der Waals surface area (Å²) in [5, 5.41) is 6.10. The van der Waals surface area contributed by atoms with Crippen LogP contribution in [0.1, 0.15) is 26.3 Å². The lowest BCUT2D eigenvalue weighted by atomic mass is 10.1. The molecule has 1 aromatic carbocycles. The number of benzene rings is 1. The number of ether oxygens (including phenoxy) is 1. The van der Waals surface area contributed by atoms with Crippen molar-refractivity contribution in [3.8, 4) is 5.75 Å². The summed E-state index contributed by atoms with van der Waals surface area (Å²) in [6.45, 7) is 7.60. The number of rotatable bonds is 2. The van der Waals surface area contributed by atoms with E-state index in [4.69, 9.17) is 16.3 Å². The summed E-state index contributed by atoms with van der Waals surface area (Å²) in [5.74, 6) is 0.614. The molecule has 1 aromatic rings. The lowest BCUT2D eigenvalue weighted by Crippen LogP contribution is -2.43. The molecule has 0 saturated heterocycles. The minimum Gasteiger partial charge on any atom is -0.494 e. The Bertz CT molecular complexity index is 453. The number of nitrogens with one attached hydrogen (secondary N) is 2. The lowest BCUT2D eigenvalue weighted by molar-refractivity contribution is 0.243. The van der Waals surface area contributed by atoms with Crippen molar-refractivity contribution >= 4 is 23.3 Å². The first-order valence-electron chi connectivity index (χ1n) is 5.66. The third kappa shape index (κ3) is 4.11. The van der Waals surface area contributed by atoms with Gasteiger partial charge in [-0.05, 0) is 45.4 Å². The van der Waals surface area contributed by atoms with Gasteiger partial charge in [-0.15, -0.1) is 0 Å². The molecular weight excluding hydrogens is 252 g/mol. The highest BCUT2D eigenvalue weighted by atomic mass is 35.5. The molecule has 0 radical (unpaired) electrons. The smallest absolute Gasteiger partial charge is 0.319 e. The van der Waals surface area contributed by atoms with Gasteiger partial charge in [0.25, 0.3) is 0 Å². The van der Waals surface area contributed by atoms with E-state index in [1.807, 2.05) is 27.7 Å². The Kier molecular flexibility index (Phi) is 4.46. The molecule has 2 amide bonds. The average Bonchev–Trinajstić information content (AvgIpc) is 2.13. The second kappa shape index (κ2) is 5.48. The van der Waals surface area contributed by atoms with Crippen molar-refractivity contribution in [2.75, 3.05) is 12.4 Å². The number of anilines is 1. The fourth-order valence-corrected chi connectivity index (χ4v) is 1.86. The van der Waals surface area contributed by atoms with E-state index < -0.39 is 0 Å². The first-order valence-corrected chi connectivity index (χ1v) is 6.04. The minimum atomic E-state index is -0.301. The summed E-state index contributed by atoms with van der Waals surface area (Å²) in [6, 6.07) is 3.16. The van der Waals surface area contributed by atoms with Crippen LogP contribution >= 0.6 is 11.6 Å². The van der Waals surface area contributed by atoms with Gasteiger partial charge in [-0.25, -0.2) is 4.79 Å². The highest BCUT2D eigenvalue weighted by molar-refractivity contribution is 6.31. The zero-order valence-electron chi connectivity index (χ0n) is 11.3. The number of urea groups is 1. The van der Waals surface area contributed by atoms with Crippen LogP contribution in [0.4, 0.5) is 10.5 Å². The van der Waals surface area contributed by atoms with Gasteiger partial charge in [0.05, 0.1) is 12.8 Å². The number of hydrogen-bond donors (Lipinski definition) is 2. The van der Waals surface area contributed by atoms with Crippen molar-refractivity contribution < 1.29 is 9.53 Å². The summed E-state index contributed by atoms with van der Waals surface area (Å²) in [7, 11) is 1.56. The molecule has 0 atom stereocenters. The summed E-state index contributed by atoms with van der Waals surface area (Å²) < 4.78 is 5.26. The van der Waals surface area contributed by atoms with Gasteiger partial charge < -0.3 is 15.4 Å². The molecule has 5 heteroatoms. The molecular formula is C13H19ClN2O2. The summed E-state index contributed by atoms with van der Waals surface area (Å²) in [6.07, 6.45) is 0. The molecule has 0 aromatic heterocycles. The molecule has 1 rings (SSSR count). The highest BCUT2D eigenvalue weighted by Gasteiger charge is 2.16. The molecule has 4 nitrogen and oxygen atoms in total. The minimum absolute atomic E-state index is 0.289. The van der Waals surface area contributed by atoms with Crippen LogP contribution in [0, 0.1) is 6.92 Å². The quantitative estimate of drug-likeness (QED) is 0.863. The summed E-state index contributed by atoms with van der Waals surface area (Å²) in [4.78, 5) is 11.8. The number of carbonyl (C=O) groups is 1. The number of aryl methyl sites for hydroxylation is 1. The maximum Gasteiger partial charge on any atom is 0.319 e. The Morgan fingerprint density at radius 2 is 1.94 bits per heavy atom. The van der Waals surface area contributed by atoms with Gasteiger partial charge in [0, 0.05) is 10.6 Å². The molecule has 18 heavy (non-hydrogen) atoms. The van der Waals surface area contributed by atoms with Gasteiger partial charge in [0.1, 0.15) is 5.75 Å². The Morgan fingerprint density at radius 1 is 1.33 bits per heavy atom. The van der Waals surface area contributed by atoms with E-state index in [1.165, 1.54) is 0 Å². The summed E-state index contributed by atoms with van der Waals surface area (Å²) in [5.41, 5.74) is 1.13. The number of hydrogen-bond acceptors (Lipinski definition) is 2.